The normalized spacial score (nSPS) is 11.8. The minimum Gasteiger partial charge on any atom is -0.392 e. The second kappa shape index (κ2) is 7.85. The smallest absolute Gasteiger partial charge is 0.268 e. The molecule has 0 radical (unpaired) electrons. The molecule has 0 spiro atoms. The van der Waals surface area contributed by atoms with Crippen LogP contribution in [0.4, 0.5) is 17.3 Å². The molecule has 0 bridgehead atoms. The maximum Gasteiger partial charge on any atom is 0.268 e. The first-order valence-corrected chi connectivity index (χ1v) is 9.53. The van der Waals surface area contributed by atoms with Crippen molar-refractivity contribution in [3.05, 3.63) is 93.4 Å². The Kier molecular flexibility index (Phi) is 5.09. The third-order valence-electron chi connectivity index (χ3n) is 4.80. The van der Waals surface area contributed by atoms with Crippen LogP contribution in [0, 0.1) is 6.57 Å². The number of benzene rings is 2. The summed E-state index contributed by atoms with van der Waals surface area (Å²) in [5.41, 5.74) is 7.12. The standard InChI is InChI=1S/C22H17ClN6O/c1-13(28-21-19(25-2)20(24)26-12-27-21)17-11-14-7-6-10-16(23)18(14)22(30)29(17)15-8-4-3-5-9-15/h3-13H,1H3,(H3,24,26,27,28)/t13-/m0/s1. The Morgan fingerprint density at radius 1 is 1.17 bits per heavy atom. The summed E-state index contributed by atoms with van der Waals surface area (Å²) in [6.45, 7) is 9.26. The Morgan fingerprint density at radius 2 is 1.93 bits per heavy atom. The average Bonchev–Trinajstić information content (AvgIpc) is 2.74. The minimum atomic E-state index is -0.379. The Balaban J connectivity index is 1.93. The lowest BCUT2D eigenvalue weighted by molar-refractivity contribution is 0.773. The van der Waals surface area contributed by atoms with Gasteiger partial charge in [0.25, 0.3) is 11.2 Å². The zero-order valence-electron chi connectivity index (χ0n) is 16.0. The van der Waals surface area contributed by atoms with Crippen LogP contribution in [0.2, 0.25) is 5.02 Å². The molecule has 2 heterocycles. The largest absolute Gasteiger partial charge is 0.392 e. The molecule has 1 atom stereocenters. The van der Waals surface area contributed by atoms with E-state index in [4.69, 9.17) is 23.9 Å². The van der Waals surface area contributed by atoms with Gasteiger partial charge in [0.1, 0.15) is 18.0 Å². The van der Waals surface area contributed by atoms with Gasteiger partial charge in [0.05, 0.1) is 23.0 Å². The second-order valence-electron chi connectivity index (χ2n) is 6.68. The van der Waals surface area contributed by atoms with E-state index in [9.17, 15) is 4.79 Å². The van der Waals surface area contributed by atoms with Crippen molar-refractivity contribution >= 4 is 39.7 Å². The molecule has 0 saturated carbocycles. The number of nitrogens with zero attached hydrogens (tertiary/aromatic N) is 4. The molecule has 30 heavy (non-hydrogen) atoms. The number of nitrogens with one attached hydrogen (secondary N) is 1. The first kappa shape index (κ1) is 19.4. The molecule has 0 saturated heterocycles. The summed E-state index contributed by atoms with van der Waals surface area (Å²) in [4.78, 5) is 24.9. The van der Waals surface area contributed by atoms with Crippen molar-refractivity contribution in [2.45, 2.75) is 13.0 Å². The number of rotatable bonds is 4. The van der Waals surface area contributed by atoms with E-state index in [2.05, 4.69) is 20.1 Å². The molecule has 0 aliphatic heterocycles. The van der Waals surface area contributed by atoms with Gasteiger partial charge in [0, 0.05) is 11.4 Å². The number of aromatic nitrogens is 3. The van der Waals surface area contributed by atoms with Crippen LogP contribution in [0.3, 0.4) is 0 Å². The van der Waals surface area contributed by atoms with Crippen molar-refractivity contribution in [3.63, 3.8) is 0 Å². The molecule has 2 aromatic carbocycles. The molecule has 2 aromatic heterocycles. The van der Waals surface area contributed by atoms with Crippen LogP contribution in [0.1, 0.15) is 18.7 Å². The number of hydrogen-bond donors (Lipinski definition) is 2. The molecular formula is C22H17ClN6O. The van der Waals surface area contributed by atoms with E-state index < -0.39 is 0 Å². The van der Waals surface area contributed by atoms with Gasteiger partial charge < -0.3 is 11.1 Å². The van der Waals surface area contributed by atoms with Crippen LogP contribution < -0.4 is 16.6 Å². The van der Waals surface area contributed by atoms with E-state index in [0.29, 0.717) is 27.6 Å². The van der Waals surface area contributed by atoms with E-state index in [1.165, 1.54) is 6.33 Å². The summed E-state index contributed by atoms with van der Waals surface area (Å²) in [5.74, 6) is 0.406. The number of fused-ring (bicyclic) bond motifs is 1. The summed E-state index contributed by atoms with van der Waals surface area (Å²) in [7, 11) is 0. The van der Waals surface area contributed by atoms with Gasteiger partial charge in [-0.1, -0.05) is 41.9 Å². The molecule has 8 heteroatoms. The highest BCUT2D eigenvalue weighted by atomic mass is 35.5. The molecular weight excluding hydrogens is 400 g/mol. The summed E-state index contributed by atoms with van der Waals surface area (Å²) in [6.07, 6.45) is 1.30. The van der Waals surface area contributed by atoms with Crippen LogP contribution >= 0.6 is 11.6 Å². The van der Waals surface area contributed by atoms with Gasteiger partial charge in [-0.2, -0.15) is 0 Å². The van der Waals surface area contributed by atoms with Crippen LogP contribution in [-0.4, -0.2) is 14.5 Å². The SMILES string of the molecule is [C-]#[N+]c1c(N)ncnc1N[C@@H](C)c1cc2cccc(Cl)c2c(=O)n1-c1ccccc1. The predicted molar refractivity (Wildman–Crippen MR) is 119 cm³/mol. The fourth-order valence-electron chi connectivity index (χ4n) is 3.39. The van der Waals surface area contributed by atoms with Crippen LogP contribution in [-0.2, 0) is 0 Å². The van der Waals surface area contributed by atoms with Crippen LogP contribution in [0.5, 0.6) is 0 Å². The number of pyridine rings is 1. The van der Waals surface area contributed by atoms with Gasteiger partial charge in [-0.05, 0) is 36.6 Å². The molecule has 4 rings (SSSR count). The zero-order chi connectivity index (χ0) is 21.3. The second-order valence-corrected chi connectivity index (χ2v) is 7.09. The predicted octanol–water partition coefficient (Wildman–Crippen LogP) is 4.74. The molecule has 0 unspecified atom stereocenters. The Bertz CT molecular complexity index is 1340. The number of nitrogens with two attached hydrogens (primary N) is 1. The van der Waals surface area contributed by atoms with Crippen LogP contribution in [0.25, 0.3) is 21.3 Å². The summed E-state index contributed by atoms with van der Waals surface area (Å²) in [5, 5.41) is 4.78. The molecule has 0 amide bonds. The summed E-state index contributed by atoms with van der Waals surface area (Å²) in [6, 6.07) is 16.2. The maximum absolute atomic E-state index is 13.5. The molecule has 0 aliphatic carbocycles. The average molecular weight is 417 g/mol. The number of hydrogen-bond acceptors (Lipinski definition) is 5. The van der Waals surface area contributed by atoms with Crippen LogP contribution in [0.15, 0.2) is 65.7 Å². The summed E-state index contributed by atoms with van der Waals surface area (Å²) >= 11 is 6.35. The molecule has 0 aliphatic rings. The first-order chi connectivity index (χ1) is 14.5. The Morgan fingerprint density at radius 3 is 2.67 bits per heavy atom. The number of para-hydroxylation sites is 1. The Labute approximate surface area is 177 Å². The van der Waals surface area contributed by atoms with Gasteiger partial charge in [0.15, 0.2) is 0 Å². The molecule has 3 N–H and O–H groups in total. The summed E-state index contributed by atoms with van der Waals surface area (Å²) < 4.78 is 1.62. The topological polar surface area (TPSA) is 90.2 Å². The van der Waals surface area contributed by atoms with Crippen molar-refractivity contribution in [1.82, 2.24) is 14.5 Å². The highest BCUT2D eigenvalue weighted by Crippen LogP contribution is 2.32. The quantitative estimate of drug-likeness (QED) is 0.469. The van der Waals surface area contributed by atoms with Crippen molar-refractivity contribution in [1.29, 1.82) is 0 Å². The van der Waals surface area contributed by atoms with E-state index in [1.807, 2.05) is 49.4 Å². The number of nitrogen functional groups attached to an aromatic ring is 1. The fraction of sp³-hybridized carbons (Fsp3) is 0.0909. The Hall–Kier alpha value is -3.89. The van der Waals surface area contributed by atoms with E-state index in [0.717, 1.165) is 5.39 Å². The maximum atomic E-state index is 13.5. The third-order valence-corrected chi connectivity index (χ3v) is 5.11. The molecule has 7 nitrogen and oxygen atoms in total. The van der Waals surface area contributed by atoms with Gasteiger partial charge in [0.2, 0.25) is 0 Å². The van der Waals surface area contributed by atoms with Gasteiger partial charge in [-0.15, -0.1) is 0 Å². The lowest BCUT2D eigenvalue weighted by Gasteiger charge is -2.22. The molecule has 148 valence electrons. The molecule has 4 aromatic rings. The van der Waals surface area contributed by atoms with Crippen molar-refractivity contribution in [3.8, 4) is 5.69 Å². The van der Waals surface area contributed by atoms with Crippen molar-refractivity contribution < 1.29 is 0 Å². The van der Waals surface area contributed by atoms with E-state index >= 15 is 0 Å². The minimum absolute atomic E-state index is 0.0976. The number of anilines is 2. The fourth-order valence-corrected chi connectivity index (χ4v) is 3.65. The highest BCUT2D eigenvalue weighted by molar-refractivity contribution is 6.35. The monoisotopic (exact) mass is 416 g/mol. The highest BCUT2D eigenvalue weighted by Gasteiger charge is 2.19. The van der Waals surface area contributed by atoms with E-state index in [-0.39, 0.29) is 23.1 Å². The lowest BCUT2D eigenvalue weighted by atomic mass is 10.1. The zero-order valence-corrected chi connectivity index (χ0v) is 16.8. The lowest BCUT2D eigenvalue weighted by Crippen LogP contribution is -2.25. The third kappa shape index (κ3) is 3.34. The molecule has 0 fully saturated rings. The first-order valence-electron chi connectivity index (χ1n) is 9.15. The number of halogens is 1. The van der Waals surface area contributed by atoms with Gasteiger partial charge in [-0.3, -0.25) is 9.36 Å². The van der Waals surface area contributed by atoms with Crippen molar-refractivity contribution in [2.75, 3.05) is 11.1 Å². The van der Waals surface area contributed by atoms with E-state index in [1.54, 1.807) is 16.7 Å². The van der Waals surface area contributed by atoms with Crippen molar-refractivity contribution in [2.24, 2.45) is 0 Å². The van der Waals surface area contributed by atoms with Gasteiger partial charge >= 0.3 is 0 Å². The van der Waals surface area contributed by atoms with Gasteiger partial charge in [-0.25, -0.2) is 14.8 Å².